The van der Waals surface area contributed by atoms with Crippen LogP contribution < -0.4 is 0 Å². The fraction of sp³-hybridized carbons (Fsp3) is 0. The predicted octanol–water partition coefficient (Wildman–Crippen LogP) is 4.29. The molecule has 4 aromatic rings. The Labute approximate surface area is 118 Å². The van der Waals surface area contributed by atoms with Crippen molar-refractivity contribution in [2.45, 2.75) is 0 Å². The normalized spacial score (nSPS) is 11.4. The van der Waals surface area contributed by atoms with E-state index in [2.05, 4.69) is 16.1 Å². The van der Waals surface area contributed by atoms with Crippen molar-refractivity contribution >= 4 is 44.1 Å². The summed E-state index contributed by atoms with van der Waals surface area (Å²) < 4.78 is 2.95. The molecule has 2 aromatic heterocycles. The summed E-state index contributed by atoms with van der Waals surface area (Å²) in [7, 11) is 0. The van der Waals surface area contributed by atoms with Crippen LogP contribution in [0.4, 0.5) is 0 Å². The van der Waals surface area contributed by atoms with Crippen LogP contribution in [-0.2, 0) is 0 Å². The van der Waals surface area contributed by atoms with Crippen LogP contribution in [0.15, 0.2) is 48.5 Å². The minimum absolute atomic E-state index is 0.509. The minimum atomic E-state index is 0.509. The smallest absolute Gasteiger partial charge is 0.212 e. The van der Waals surface area contributed by atoms with Crippen LogP contribution in [0.5, 0.6) is 0 Å². The number of hydrogen-bond donors (Lipinski definition) is 0. The molecule has 0 aliphatic carbocycles. The van der Waals surface area contributed by atoms with E-state index < -0.39 is 0 Å². The Bertz CT molecular complexity index is 861. The lowest BCUT2D eigenvalue weighted by Crippen LogP contribution is -1.94. The van der Waals surface area contributed by atoms with Crippen molar-refractivity contribution in [1.82, 2.24) is 14.8 Å². The highest BCUT2D eigenvalue weighted by Crippen LogP contribution is 2.29. The second kappa shape index (κ2) is 4.05. The van der Waals surface area contributed by atoms with Crippen molar-refractivity contribution in [2.24, 2.45) is 0 Å². The van der Waals surface area contributed by atoms with Crippen molar-refractivity contribution in [3.8, 4) is 5.13 Å². The number of benzene rings is 2. The number of thiazole rings is 1. The van der Waals surface area contributed by atoms with Gasteiger partial charge >= 0.3 is 0 Å². The molecule has 0 radical (unpaired) electrons. The number of para-hydroxylation sites is 2. The Morgan fingerprint density at radius 2 is 1.79 bits per heavy atom. The first-order valence-electron chi connectivity index (χ1n) is 5.82. The molecule has 0 saturated carbocycles. The van der Waals surface area contributed by atoms with Gasteiger partial charge in [0.05, 0.1) is 15.7 Å². The van der Waals surface area contributed by atoms with Gasteiger partial charge in [0.15, 0.2) is 5.15 Å². The molecule has 2 aromatic carbocycles. The Morgan fingerprint density at radius 1 is 1.00 bits per heavy atom. The average molecular weight is 286 g/mol. The lowest BCUT2D eigenvalue weighted by Gasteiger charge is -1.96. The molecule has 4 rings (SSSR count). The second-order valence-corrected chi connectivity index (χ2v) is 5.55. The van der Waals surface area contributed by atoms with Gasteiger partial charge in [0, 0.05) is 5.39 Å². The first-order valence-corrected chi connectivity index (χ1v) is 7.01. The van der Waals surface area contributed by atoms with Crippen molar-refractivity contribution in [3.05, 3.63) is 53.7 Å². The Balaban J connectivity index is 2.04. The summed E-state index contributed by atoms with van der Waals surface area (Å²) in [6.45, 7) is 0. The molecular weight excluding hydrogens is 278 g/mol. The molecule has 0 aliphatic rings. The number of fused-ring (bicyclic) bond motifs is 2. The van der Waals surface area contributed by atoms with Crippen molar-refractivity contribution in [1.29, 1.82) is 0 Å². The fourth-order valence-corrected chi connectivity index (χ4v) is 3.29. The third kappa shape index (κ3) is 1.64. The highest BCUT2D eigenvalue weighted by atomic mass is 35.5. The molecule has 0 spiro atoms. The zero-order valence-electron chi connectivity index (χ0n) is 9.75. The molecular formula is C14H8ClN3S. The van der Waals surface area contributed by atoms with Crippen LogP contribution >= 0.6 is 22.9 Å². The molecule has 92 valence electrons. The average Bonchev–Trinajstić information content (AvgIpc) is 3.01. The molecule has 19 heavy (non-hydrogen) atoms. The van der Waals surface area contributed by atoms with Crippen molar-refractivity contribution in [3.63, 3.8) is 0 Å². The summed E-state index contributed by atoms with van der Waals surface area (Å²) in [5.74, 6) is 0. The molecule has 2 heterocycles. The molecule has 0 fully saturated rings. The highest BCUT2D eigenvalue weighted by molar-refractivity contribution is 7.20. The molecule has 0 amide bonds. The van der Waals surface area contributed by atoms with Gasteiger partial charge < -0.3 is 0 Å². The van der Waals surface area contributed by atoms with Gasteiger partial charge in [0.2, 0.25) is 5.13 Å². The summed E-state index contributed by atoms with van der Waals surface area (Å²) in [6, 6.07) is 16.0. The topological polar surface area (TPSA) is 30.7 Å². The number of rotatable bonds is 1. The molecule has 3 nitrogen and oxygen atoms in total. The molecule has 0 aliphatic heterocycles. The van der Waals surface area contributed by atoms with E-state index in [9.17, 15) is 0 Å². The third-order valence-electron chi connectivity index (χ3n) is 3.01. The van der Waals surface area contributed by atoms with E-state index in [0.717, 1.165) is 26.3 Å². The number of nitrogens with zero attached hydrogens (tertiary/aromatic N) is 3. The van der Waals surface area contributed by atoms with Crippen LogP contribution in [0.25, 0.3) is 26.3 Å². The summed E-state index contributed by atoms with van der Waals surface area (Å²) in [4.78, 5) is 4.61. The SMILES string of the molecule is Clc1nn(-c2nc3ccccc3s2)c2ccccc12. The predicted molar refractivity (Wildman–Crippen MR) is 79.3 cm³/mol. The van der Waals surface area contributed by atoms with Gasteiger partial charge in [-0.25, -0.2) is 9.67 Å². The first kappa shape index (κ1) is 11.0. The number of aromatic nitrogens is 3. The Morgan fingerprint density at radius 3 is 2.68 bits per heavy atom. The van der Waals surface area contributed by atoms with Gasteiger partial charge in [-0.15, -0.1) is 0 Å². The van der Waals surface area contributed by atoms with E-state index in [-0.39, 0.29) is 0 Å². The van der Waals surface area contributed by atoms with Crippen LogP contribution in [-0.4, -0.2) is 14.8 Å². The maximum absolute atomic E-state index is 6.17. The lowest BCUT2D eigenvalue weighted by atomic mass is 10.3. The van der Waals surface area contributed by atoms with E-state index in [1.165, 1.54) is 0 Å². The van der Waals surface area contributed by atoms with Crippen LogP contribution in [0, 0.1) is 0 Å². The summed E-state index contributed by atoms with van der Waals surface area (Å²) >= 11 is 7.78. The van der Waals surface area contributed by atoms with E-state index in [1.54, 1.807) is 11.3 Å². The van der Waals surface area contributed by atoms with Crippen LogP contribution in [0.2, 0.25) is 5.15 Å². The Hall–Kier alpha value is -1.91. The highest BCUT2D eigenvalue weighted by Gasteiger charge is 2.12. The van der Waals surface area contributed by atoms with Gasteiger partial charge in [-0.3, -0.25) is 0 Å². The Kier molecular flexibility index (Phi) is 2.33. The van der Waals surface area contributed by atoms with Crippen LogP contribution in [0.3, 0.4) is 0 Å². The quantitative estimate of drug-likeness (QED) is 0.522. The van der Waals surface area contributed by atoms with Gasteiger partial charge in [0.25, 0.3) is 0 Å². The first-order chi connectivity index (χ1) is 9.33. The van der Waals surface area contributed by atoms with Gasteiger partial charge in [-0.05, 0) is 24.3 Å². The molecule has 0 bridgehead atoms. The van der Waals surface area contributed by atoms with E-state index >= 15 is 0 Å². The zero-order valence-corrected chi connectivity index (χ0v) is 11.3. The van der Waals surface area contributed by atoms with Gasteiger partial charge in [-0.2, -0.15) is 5.10 Å². The molecule has 5 heteroatoms. The van der Waals surface area contributed by atoms with Crippen LogP contribution in [0.1, 0.15) is 0 Å². The summed E-state index contributed by atoms with van der Waals surface area (Å²) in [5.41, 5.74) is 1.96. The molecule has 0 unspecified atom stereocenters. The maximum Gasteiger partial charge on any atom is 0.212 e. The molecule has 0 N–H and O–H groups in total. The largest absolute Gasteiger partial charge is 0.218 e. The zero-order chi connectivity index (χ0) is 12.8. The minimum Gasteiger partial charge on any atom is -0.218 e. The maximum atomic E-state index is 6.17. The lowest BCUT2D eigenvalue weighted by molar-refractivity contribution is 0.903. The third-order valence-corrected chi connectivity index (χ3v) is 4.30. The summed E-state index contributed by atoms with van der Waals surface area (Å²) in [5, 5.41) is 6.68. The number of halogens is 1. The fourth-order valence-electron chi connectivity index (χ4n) is 2.12. The van der Waals surface area contributed by atoms with E-state index in [1.807, 2.05) is 47.1 Å². The summed E-state index contributed by atoms with van der Waals surface area (Å²) in [6.07, 6.45) is 0. The van der Waals surface area contributed by atoms with E-state index in [0.29, 0.717) is 5.15 Å². The van der Waals surface area contributed by atoms with Gasteiger partial charge in [0.1, 0.15) is 0 Å². The molecule has 0 atom stereocenters. The standard InChI is InChI=1S/C14H8ClN3S/c15-13-9-5-1-3-7-11(9)18(17-13)14-16-10-6-2-4-8-12(10)19-14/h1-8H. The van der Waals surface area contributed by atoms with Crippen molar-refractivity contribution in [2.75, 3.05) is 0 Å². The monoisotopic (exact) mass is 285 g/mol. The van der Waals surface area contributed by atoms with Crippen molar-refractivity contribution < 1.29 is 0 Å². The van der Waals surface area contributed by atoms with E-state index in [4.69, 9.17) is 11.6 Å². The van der Waals surface area contributed by atoms with Gasteiger partial charge in [-0.1, -0.05) is 47.2 Å². The molecule has 0 saturated heterocycles. The number of hydrogen-bond acceptors (Lipinski definition) is 3. The second-order valence-electron chi connectivity index (χ2n) is 4.18.